The van der Waals surface area contributed by atoms with Crippen molar-refractivity contribution in [3.8, 4) is 0 Å². The summed E-state index contributed by atoms with van der Waals surface area (Å²) in [4.78, 5) is 0. The Morgan fingerprint density at radius 3 is 1.50 bits per heavy atom. The smallest absolute Gasteiger partial charge is 0.242 e. The van der Waals surface area contributed by atoms with Crippen LogP contribution in [0.5, 0.6) is 0 Å². The van der Waals surface area contributed by atoms with Crippen molar-refractivity contribution < 1.29 is 8.85 Å². The van der Waals surface area contributed by atoms with Crippen LogP contribution in [-0.2, 0) is 8.85 Å². The topological polar surface area (TPSA) is 18.5 Å². The van der Waals surface area contributed by atoms with Crippen LogP contribution in [0.2, 0.25) is 39.3 Å². The molecule has 0 aliphatic carbocycles. The molecule has 0 rings (SSSR count). The minimum Gasteiger partial charge on any atom is -0.547 e. The highest BCUT2D eigenvalue weighted by Crippen LogP contribution is 2.21. The molecule has 0 bridgehead atoms. The van der Waals surface area contributed by atoms with Crippen LogP contribution in [0.15, 0.2) is 23.7 Å². The lowest BCUT2D eigenvalue weighted by molar-refractivity contribution is 0.395. The Bertz CT molecular complexity index is 293. The summed E-state index contributed by atoms with van der Waals surface area (Å²) >= 11 is 0. The summed E-state index contributed by atoms with van der Waals surface area (Å²) in [6.07, 6.45) is 0. The molecule has 0 unspecified atom stereocenters. The molecule has 0 aliphatic heterocycles. The van der Waals surface area contributed by atoms with Gasteiger partial charge in [-0.25, -0.2) is 0 Å². The van der Waals surface area contributed by atoms with Gasteiger partial charge in [-0.2, -0.15) is 0 Å². The summed E-state index contributed by atoms with van der Waals surface area (Å²) in [6.45, 7) is 21.0. The molecule has 16 heavy (non-hydrogen) atoms. The van der Waals surface area contributed by atoms with Gasteiger partial charge in [0.2, 0.25) is 16.6 Å². The van der Waals surface area contributed by atoms with Crippen LogP contribution < -0.4 is 0 Å². The Hall–Kier alpha value is -0.486. The summed E-state index contributed by atoms with van der Waals surface area (Å²) in [7, 11) is -3.10. The molecule has 4 heteroatoms. The minimum atomic E-state index is -1.57. The summed E-state index contributed by atoms with van der Waals surface area (Å²) < 4.78 is 11.8. The minimum absolute atomic E-state index is 0.759. The Balaban J connectivity index is 4.70. The van der Waals surface area contributed by atoms with E-state index in [-0.39, 0.29) is 0 Å². The third-order valence-electron chi connectivity index (χ3n) is 1.84. The van der Waals surface area contributed by atoms with E-state index in [2.05, 4.69) is 45.9 Å². The Morgan fingerprint density at radius 2 is 1.19 bits per heavy atom. The third kappa shape index (κ3) is 6.90. The van der Waals surface area contributed by atoms with E-state index in [0.717, 1.165) is 17.1 Å². The van der Waals surface area contributed by atoms with E-state index in [1.54, 1.807) is 0 Å². The molecule has 0 aromatic rings. The van der Waals surface area contributed by atoms with Crippen molar-refractivity contribution in [2.75, 3.05) is 0 Å². The average molecular weight is 259 g/mol. The summed E-state index contributed by atoms with van der Waals surface area (Å²) in [6, 6.07) is 0. The van der Waals surface area contributed by atoms with Crippen LogP contribution in [-0.4, -0.2) is 16.6 Å². The molecule has 2 nitrogen and oxygen atoms in total. The Labute approximate surface area is 103 Å². The highest BCUT2D eigenvalue weighted by molar-refractivity contribution is 6.70. The van der Waals surface area contributed by atoms with Crippen LogP contribution >= 0.6 is 0 Å². The average Bonchev–Trinajstić information content (AvgIpc) is 1.96. The molecule has 0 amide bonds. The van der Waals surface area contributed by atoms with Gasteiger partial charge in [-0.05, 0) is 53.1 Å². The maximum absolute atomic E-state index is 5.93. The molecule has 0 aromatic carbocycles. The first kappa shape index (κ1) is 15.5. The fourth-order valence-electron chi connectivity index (χ4n) is 1.18. The quantitative estimate of drug-likeness (QED) is 0.411. The van der Waals surface area contributed by atoms with Crippen molar-refractivity contribution in [3.63, 3.8) is 0 Å². The fourth-order valence-corrected chi connectivity index (χ4v) is 3.14. The molecule has 0 atom stereocenters. The highest BCUT2D eigenvalue weighted by Gasteiger charge is 2.20. The van der Waals surface area contributed by atoms with Gasteiger partial charge >= 0.3 is 0 Å². The largest absolute Gasteiger partial charge is 0.547 e. The summed E-state index contributed by atoms with van der Waals surface area (Å²) in [5, 5.41) is 0. The van der Waals surface area contributed by atoms with Crippen LogP contribution in [0.3, 0.4) is 0 Å². The monoisotopic (exact) mass is 258 g/mol. The second kappa shape index (κ2) is 5.23. The fraction of sp³-hybridized carbons (Fsp3) is 0.667. The van der Waals surface area contributed by atoms with Crippen molar-refractivity contribution in [2.45, 2.75) is 53.1 Å². The van der Waals surface area contributed by atoms with E-state index in [4.69, 9.17) is 8.85 Å². The Kier molecular flexibility index (Phi) is 5.07. The zero-order valence-electron chi connectivity index (χ0n) is 12.0. The standard InChI is InChI=1S/C12H26O2Si2/c1-10(11(2)13-15(4,5)6)12(3)14-16(7,8)9/h2H2,1,3-9H3. The van der Waals surface area contributed by atoms with Gasteiger partial charge in [0.05, 0.1) is 5.76 Å². The van der Waals surface area contributed by atoms with Gasteiger partial charge in [-0.3, -0.25) is 0 Å². The van der Waals surface area contributed by atoms with Crippen molar-refractivity contribution in [3.05, 3.63) is 23.7 Å². The zero-order chi connectivity index (χ0) is 13.1. The molecule has 0 heterocycles. The molecule has 0 saturated carbocycles. The van der Waals surface area contributed by atoms with Gasteiger partial charge in [0.15, 0.2) is 0 Å². The second-order valence-corrected chi connectivity index (χ2v) is 14.9. The zero-order valence-corrected chi connectivity index (χ0v) is 14.0. The first-order chi connectivity index (χ1) is 6.92. The van der Waals surface area contributed by atoms with Gasteiger partial charge in [0, 0.05) is 5.57 Å². The van der Waals surface area contributed by atoms with Gasteiger partial charge in [0.25, 0.3) is 0 Å². The molecule has 0 fully saturated rings. The lowest BCUT2D eigenvalue weighted by Crippen LogP contribution is -2.27. The molecule has 0 spiro atoms. The molecule has 0 N–H and O–H groups in total. The molecule has 94 valence electrons. The lowest BCUT2D eigenvalue weighted by atomic mass is 10.2. The number of rotatable bonds is 5. The predicted octanol–water partition coefficient (Wildman–Crippen LogP) is 4.50. The van der Waals surface area contributed by atoms with Gasteiger partial charge < -0.3 is 8.85 Å². The third-order valence-corrected chi connectivity index (χ3v) is 3.61. The number of hydrogen-bond acceptors (Lipinski definition) is 2. The molecule has 0 aromatic heterocycles. The lowest BCUT2D eigenvalue weighted by Gasteiger charge is -2.25. The normalized spacial score (nSPS) is 14.2. The van der Waals surface area contributed by atoms with Crippen molar-refractivity contribution in [1.29, 1.82) is 0 Å². The van der Waals surface area contributed by atoms with Crippen LogP contribution in [0.1, 0.15) is 13.8 Å². The summed E-state index contributed by atoms with van der Waals surface area (Å²) in [5.74, 6) is 1.71. The SMILES string of the molecule is C=C(O[Si](C)(C)C)C(C)=C(C)O[Si](C)(C)C. The van der Waals surface area contributed by atoms with E-state index >= 15 is 0 Å². The Morgan fingerprint density at radius 1 is 0.812 bits per heavy atom. The first-order valence-corrected chi connectivity index (χ1v) is 12.5. The molecular formula is C12H26O2Si2. The summed E-state index contributed by atoms with van der Waals surface area (Å²) in [5.41, 5.74) is 1.03. The van der Waals surface area contributed by atoms with Crippen molar-refractivity contribution >= 4 is 16.6 Å². The molecule has 0 aliphatic rings. The molecular weight excluding hydrogens is 232 g/mol. The van der Waals surface area contributed by atoms with Crippen LogP contribution in [0.4, 0.5) is 0 Å². The van der Waals surface area contributed by atoms with Crippen molar-refractivity contribution in [2.24, 2.45) is 0 Å². The van der Waals surface area contributed by atoms with E-state index in [1.165, 1.54) is 0 Å². The van der Waals surface area contributed by atoms with Crippen LogP contribution in [0.25, 0.3) is 0 Å². The first-order valence-electron chi connectivity index (χ1n) is 5.67. The highest BCUT2D eigenvalue weighted by atomic mass is 28.4. The van der Waals surface area contributed by atoms with E-state index in [1.807, 2.05) is 13.8 Å². The van der Waals surface area contributed by atoms with Crippen LogP contribution in [0, 0.1) is 0 Å². The number of allylic oxidation sites excluding steroid dienone is 2. The van der Waals surface area contributed by atoms with Gasteiger partial charge in [-0.15, -0.1) is 0 Å². The van der Waals surface area contributed by atoms with E-state index in [9.17, 15) is 0 Å². The second-order valence-electron chi connectivity index (χ2n) is 6.03. The van der Waals surface area contributed by atoms with E-state index < -0.39 is 16.6 Å². The predicted molar refractivity (Wildman–Crippen MR) is 76.4 cm³/mol. The molecule has 0 saturated heterocycles. The number of hydrogen-bond donors (Lipinski definition) is 0. The maximum Gasteiger partial charge on any atom is 0.242 e. The van der Waals surface area contributed by atoms with Gasteiger partial charge in [0.1, 0.15) is 5.76 Å². The van der Waals surface area contributed by atoms with E-state index in [0.29, 0.717) is 0 Å². The maximum atomic E-state index is 5.93. The van der Waals surface area contributed by atoms with Gasteiger partial charge in [-0.1, -0.05) is 6.58 Å². The van der Waals surface area contributed by atoms with Crippen molar-refractivity contribution in [1.82, 2.24) is 0 Å². The molecule has 0 radical (unpaired) electrons.